The van der Waals surface area contributed by atoms with Gasteiger partial charge in [0.2, 0.25) is 0 Å². The molecule has 0 spiro atoms. The van der Waals surface area contributed by atoms with Crippen LogP contribution in [0.4, 0.5) is 5.69 Å². The molecule has 0 aliphatic carbocycles. The molecule has 0 saturated carbocycles. The van der Waals surface area contributed by atoms with Gasteiger partial charge in [0.05, 0.1) is 23.0 Å². The highest BCUT2D eigenvalue weighted by molar-refractivity contribution is 5.67. The Morgan fingerprint density at radius 3 is 2.56 bits per heavy atom. The van der Waals surface area contributed by atoms with Gasteiger partial charge in [0.25, 0.3) is 5.69 Å². The van der Waals surface area contributed by atoms with E-state index in [0.29, 0.717) is 5.56 Å². The molecule has 0 amide bonds. The Morgan fingerprint density at radius 2 is 2.06 bits per heavy atom. The zero-order chi connectivity index (χ0) is 13.9. The number of aliphatic hydroxyl groups excluding tert-OH is 2. The highest BCUT2D eigenvalue weighted by Crippen LogP contribution is 2.31. The summed E-state index contributed by atoms with van der Waals surface area (Å²) in [4.78, 5) is 20.6. The predicted octanol–water partition coefficient (Wildman–Crippen LogP) is 0.772. The molecule has 1 aromatic rings. The summed E-state index contributed by atoms with van der Waals surface area (Å²) in [6, 6.07) is 4.19. The first-order valence-corrected chi connectivity index (χ1v) is 5.16. The van der Waals surface area contributed by atoms with E-state index in [0.717, 1.165) is 0 Å². The van der Waals surface area contributed by atoms with Crippen LogP contribution >= 0.6 is 0 Å². The van der Waals surface area contributed by atoms with Gasteiger partial charge in [0, 0.05) is 6.07 Å². The number of nitro groups is 1. The van der Waals surface area contributed by atoms with Gasteiger partial charge in [-0.3, -0.25) is 14.9 Å². The molecule has 0 saturated heterocycles. The van der Waals surface area contributed by atoms with E-state index >= 15 is 0 Å². The molecular formula is C11H13NO6. The van der Waals surface area contributed by atoms with E-state index < -0.39 is 29.5 Å². The molecule has 7 heteroatoms. The number of aliphatic hydroxyl groups is 2. The molecule has 0 aliphatic rings. The Balaban J connectivity index is 3.15. The third-order valence-corrected chi connectivity index (χ3v) is 2.54. The first kappa shape index (κ1) is 14.1. The molecule has 98 valence electrons. The number of aryl methyl sites for hydroxylation is 1. The Morgan fingerprint density at radius 1 is 1.44 bits per heavy atom. The van der Waals surface area contributed by atoms with E-state index in [-0.39, 0.29) is 11.3 Å². The first-order valence-electron chi connectivity index (χ1n) is 5.16. The minimum absolute atomic E-state index is 0.0590. The molecule has 0 heterocycles. The average Bonchev–Trinajstić information content (AvgIpc) is 2.26. The number of carbonyl (C=O) groups is 1. The van der Waals surface area contributed by atoms with Crippen molar-refractivity contribution in [3.63, 3.8) is 0 Å². The van der Waals surface area contributed by atoms with Crippen molar-refractivity contribution in [1.29, 1.82) is 0 Å². The smallest absolute Gasteiger partial charge is 0.306 e. The van der Waals surface area contributed by atoms with Crippen LogP contribution in [0.3, 0.4) is 0 Å². The molecule has 7 nitrogen and oxygen atoms in total. The number of benzene rings is 1. The normalized spacial score (nSPS) is 13.9. The van der Waals surface area contributed by atoms with E-state index in [1.165, 1.54) is 12.1 Å². The summed E-state index contributed by atoms with van der Waals surface area (Å²) in [6.45, 7) is 1.54. The van der Waals surface area contributed by atoms with Crippen molar-refractivity contribution in [2.45, 2.75) is 25.6 Å². The second kappa shape index (κ2) is 5.56. The fraction of sp³-hybridized carbons (Fsp3) is 0.364. The molecule has 0 aromatic heterocycles. The van der Waals surface area contributed by atoms with Crippen LogP contribution in [-0.4, -0.2) is 32.3 Å². The molecule has 0 radical (unpaired) electrons. The van der Waals surface area contributed by atoms with Gasteiger partial charge in [0.15, 0.2) is 0 Å². The SMILES string of the molecule is Cc1cccc([N+](=O)[O-])c1C(O)C(O)CC(=O)O. The lowest BCUT2D eigenvalue weighted by Gasteiger charge is -2.18. The van der Waals surface area contributed by atoms with Crippen molar-refractivity contribution in [2.24, 2.45) is 0 Å². The number of nitro benzene ring substituents is 1. The van der Waals surface area contributed by atoms with Gasteiger partial charge in [-0.2, -0.15) is 0 Å². The van der Waals surface area contributed by atoms with Crippen LogP contribution in [0.1, 0.15) is 23.7 Å². The number of carboxylic acid groups (broad SMARTS) is 1. The van der Waals surface area contributed by atoms with Gasteiger partial charge in [-0.25, -0.2) is 0 Å². The van der Waals surface area contributed by atoms with E-state index in [1.54, 1.807) is 13.0 Å². The van der Waals surface area contributed by atoms with Crippen LogP contribution < -0.4 is 0 Å². The summed E-state index contributed by atoms with van der Waals surface area (Å²) in [5, 5.41) is 38.7. The standard InChI is InChI=1S/C11H13NO6/c1-6-3-2-4-7(12(17)18)10(6)11(16)8(13)5-9(14)15/h2-4,8,11,13,16H,5H2,1H3,(H,14,15). The molecule has 3 N–H and O–H groups in total. The molecule has 0 fully saturated rings. The van der Waals surface area contributed by atoms with Gasteiger partial charge < -0.3 is 15.3 Å². The van der Waals surface area contributed by atoms with Crippen LogP contribution in [-0.2, 0) is 4.79 Å². The van der Waals surface area contributed by atoms with Crippen LogP contribution in [0.15, 0.2) is 18.2 Å². The summed E-state index contributed by atoms with van der Waals surface area (Å²) in [5.41, 5.74) is 0.0179. The molecular weight excluding hydrogens is 242 g/mol. The van der Waals surface area contributed by atoms with Gasteiger partial charge in [-0.05, 0) is 12.5 Å². The number of aliphatic carboxylic acids is 1. The van der Waals surface area contributed by atoms with E-state index in [9.17, 15) is 25.1 Å². The maximum Gasteiger partial charge on any atom is 0.306 e. The Bertz CT molecular complexity index is 473. The molecule has 1 rings (SSSR count). The third kappa shape index (κ3) is 3.02. The summed E-state index contributed by atoms with van der Waals surface area (Å²) in [6.07, 6.45) is -3.89. The Hall–Kier alpha value is -1.99. The van der Waals surface area contributed by atoms with Crippen LogP contribution in [0.25, 0.3) is 0 Å². The van der Waals surface area contributed by atoms with Gasteiger partial charge >= 0.3 is 5.97 Å². The van der Waals surface area contributed by atoms with Crippen molar-refractivity contribution in [1.82, 2.24) is 0 Å². The molecule has 0 bridgehead atoms. The van der Waals surface area contributed by atoms with Crippen LogP contribution in [0.2, 0.25) is 0 Å². The maximum atomic E-state index is 10.8. The zero-order valence-corrected chi connectivity index (χ0v) is 9.61. The molecule has 0 aliphatic heterocycles. The lowest BCUT2D eigenvalue weighted by Crippen LogP contribution is -2.23. The Labute approximate surface area is 102 Å². The number of nitrogens with zero attached hydrogens (tertiary/aromatic N) is 1. The number of hydrogen-bond acceptors (Lipinski definition) is 5. The largest absolute Gasteiger partial charge is 0.481 e. The monoisotopic (exact) mass is 255 g/mol. The van der Waals surface area contributed by atoms with Gasteiger partial charge in [-0.15, -0.1) is 0 Å². The fourth-order valence-corrected chi connectivity index (χ4v) is 1.69. The lowest BCUT2D eigenvalue weighted by atomic mass is 9.96. The molecule has 2 unspecified atom stereocenters. The summed E-state index contributed by atoms with van der Waals surface area (Å²) in [7, 11) is 0. The van der Waals surface area contributed by atoms with E-state index in [4.69, 9.17) is 5.11 Å². The highest BCUT2D eigenvalue weighted by atomic mass is 16.6. The minimum Gasteiger partial charge on any atom is -0.481 e. The van der Waals surface area contributed by atoms with E-state index in [2.05, 4.69) is 0 Å². The summed E-state index contributed by atoms with van der Waals surface area (Å²) < 4.78 is 0. The summed E-state index contributed by atoms with van der Waals surface area (Å²) in [5.74, 6) is -1.29. The lowest BCUT2D eigenvalue weighted by molar-refractivity contribution is -0.386. The number of carboxylic acids is 1. The van der Waals surface area contributed by atoms with Crippen molar-refractivity contribution in [2.75, 3.05) is 0 Å². The van der Waals surface area contributed by atoms with Crippen LogP contribution in [0, 0.1) is 17.0 Å². The number of rotatable bonds is 5. The molecule has 2 atom stereocenters. The Kier molecular flexibility index (Phi) is 4.35. The quantitative estimate of drug-likeness (QED) is 0.528. The maximum absolute atomic E-state index is 10.8. The van der Waals surface area contributed by atoms with Crippen molar-refractivity contribution in [3.05, 3.63) is 39.4 Å². The predicted molar refractivity (Wildman–Crippen MR) is 61.1 cm³/mol. The van der Waals surface area contributed by atoms with E-state index in [1.807, 2.05) is 0 Å². The minimum atomic E-state index is -1.61. The van der Waals surface area contributed by atoms with Crippen molar-refractivity contribution in [3.8, 4) is 0 Å². The zero-order valence-electron chi connectivity index (χ0n) is 9.61. The molecule has 1 aromatic carbocycles. The highest BCUT2D eigenvalue weighted by Gasteiger charge is 2.29. The van der Waals surface area contributed by atoms with Crippen molar-refractivity contribution < 1.29 is 25.0 Å². The average molecular weight is 255 g/mol. The van der Waals surface area contributed by atoms with Crippen LogP contribution in [0.5, 0.6) is 0 Å². The van der Waals surface area contributed by atoms with Gasteiger partial charge in [-0.1, -0.05) is 12.1 Å². The summed E-state index contributed by atoms with van der Waals surface area (Å²) >= 11 is 0. The third-order valence-electron chi connectivity index (χ3n) is 2.54. The van der Waals surface area contributed by atoms with Gasteiger partial charge in [0.1, 0.15) is 6.10 Å². The topological polar surface area (TPSA) is 121 Å². The van der Waals surface area contributed by atoms with Crippen molar-refractivity contribution >= 4 is 11.7 Å². The second-order valence-corrected chi connectivity index (χ2v) is 3.87. The first-order chi connectivity index (χ1) is 8.34. The second-order valence-electron chi connectivity index (χ2n) is 3.87. The molecule has 18 heavy (non-hydrogen) atoms. The number of hydrogen-bond donors (Lipinski definition) is 3. The fourth-order valence-electron chi connectivity index (χ4n) is 1.69.